The molecule has 1 amide bonds. The molecule has 1 aliphatic rings. The Morgan fingerprint density at radius 3 is 2.77 bits per heavy atom. The van der Waals surface area contributed by atoms with Gasteiger partial charge >= 0.3 is 0 Å². The van der Waals surface area contributed by atoms with Crippen molar-refractivity contribution in [1.29, 1.82) is 0 Å². The topological polar surface area (TPSA) is 63.2 Å². The van der Waals surface area contributed by atoms with E-state index in [1.165, 1.54) is 0 Å². The number of halogens is 1. The highest BCUT2D eigenvalue weighted by molar-refractivity contribution is 7.09. The minimum absolute atomic E-state index is 0. The number of morpholine rings is 1. The average molecular weight is 340 g/mol. The number of carbonyl (C=O) groups excluding carboxylic acids is 1. The summed E-state index contributed by atoms with van der Waals surface area (Å²) in [4.78, 5) is 16.5. The highest BCUT2D eigenvalue weighted by Gasteiger charge is 2.21. The standard InChI is InChI=1S/C15H17N3O2S.ClH/c1-10-17-13(9-21-10)11-2-4-12(5-3-11)18-15(19)14-8-16-6-7-20-14;/h2-5,9,14,16H,6-8H2,1H3,(H,18,19);1H. The number of thiazole rings is 1. The van der Waals surface area contributed by atoms with Gasteiger partial charge in [0.2, 0.25) is 0 Å². The number of nitrogens with zero attached hydrogens (tertiary/aromatic N) is 1. The molecule has 5 nitrogen and oxygen atoms in total. The van der Waals surface area contributed by atoms with Crippen LogP contribution in [0.3, 0.4) is 0 Å². The number of anilines is 1. The summed E-state index contributed by atoms with van der Waals surface area (Å²) in [5, 5.41) is 9.09. The lowest BCUT2D eigenvalue weighted by Crippen LogP contribution is -2.45. The third kappa shape index (κ3) is 4.04. The molecule has 118 valence electrons. The maximum Gasteiger partial charge on any atom is 0.254 e. The van der Waals surface area contributed by atoms with E-state index in [9.17, 15) is 4.79 Å². The fourth-order valence-electron chi connectivity index (χ4n) is 2.18. The maximum absolute atomic E-state index is 12.0. The van der Waals surface area contributed by atoms with Crippen LogP contribution in [0, 0.1) is 6.92 Å². The molecule has 1 aliphatic heterocycles. The Kier molecular flexibility index (Phi) is 5.90. The van der Waals surface area contributed by atoms with E-state index in [1.54, 1.807) is 11.3 Å². The number of aromatic nitrogens is 1. The molecular weight excluding hydrogens is 322 g/mol. The molecule has 0 aliphatic carbocycles. The summed E-state index contributed by atoms with van der Waals surface area (Å²) in [6.45, 7) is 3.91. The van der Waals surface area contributed by atoms with Crippen LogP contribution in [-0.4, -0.2) is 36.7 Å². The maximum atomic E-state index is 12.0. The predicted octanol–water partition coefficient (Wildman–Crippen LogP) is 2.47. The van der Waals surface area contributed by atoms with Gasteiger partial charge < -0.3 is 15.4 Å². The molecule has 1 unspecified atom stereocenters. The smallest absolute Gasteiger partial charge is 0.254 e. The van der Waals surface area contributed by atoms with Crippen LogP contribution in [0.2, 0.25) is 0 Å². The molecule has 1 aromatic heterocycles. The van der Waals surface area contributed by atoms with Gasteiger partial charge in [-0.1, -0.05) is 12.1 Å². The number of ether oxygens (including phenoxy) is 1. The lowest BCUT2D eigenvalue weighted by molar-refractivity contribution is -0.128. The molecule has 1 saturated heterocycles. The molecular formula is C15H18ClN3O2S. The Morgan fingerprint density at radius 1 is 1.41 bits per heavy atom. The van der Waals surface area contributed by atoms with Crippen LogP contribution in [-0.2, 0) is 9.53 Å². The third-order valence-corrected chi connectivity index (χ3v) is 4.06. The van der Waals surface area contributed by atoms with Crippen LogP contribution in [0.25, 0.3) is 11.3 Å². The first-order chi connectivity index (χ1) is 10.2. The van der Waals surface area contributed by atoms with E-state index in [0.717, 1.165) is 28.5 Å². The summed E-state index contributed by atoms with van der Waals surface area (Å²) in [6, 6.07) is 7.70. The Bertz CT molecular complexity index is 624. The molecule has 0 saturated carbocycles. The average Bonchev–Trinajstić information content (AvgIpc) is 2.95. The van der Waals surface area contributed by atoms with Gasteiger partial charge in [-0.05, 0) is 19.1 Å². The Hall–Kier alpha value is -1.47. The van der Waals surface area contributed by atoms with E-state index < -0.39 is 6.10 Å². The van der Waals surface area contributed by atoms with Crippen LogP contribution in [0.5, 0.6) is 0 Å². The van der Waals surface area contributed by atoms with Crippen molar-refractivity contribution < 1.29 is 9.53 Å². The summed E-state index contributed by atoms with van der Waals surface area (Å²) in [7, 11) is 0. The van der Waals surface area contributed by atoms with Gasteiger partial charge in [-0.3, -0.25) is 4.79 Å². The molecule has 0 radical (unpaired) electrons. The predicted molar refractivity (Wildman–Crippen MR) is 90.8 cm³/mol. The third-order valence-electron chi connectivity index (χ3n) is 3.29. The van der Waals surface area contributed by atoms with Gasteiger partial charge in [0.15, 0.2) is 0 Å². The molecule has 2 heterocycles. The number of carbonyl (C=O) groups is 1. The van der Waals surface area contributed by atoms with Crippen molar-refractivity contribution in [3.05, 3.63) is 34.7 Å². The Balaban J connectivity index is 0.00000176. The van der Waals surface area contributed by atoms with Crippen LogP contribution in [0.1, 0.15) is 5.01 Å². The van der Waals surface area contributed by atoms with E-state index in [1.807, 2.05) is 36.6 Å². The second-order valence-electron chi connectivity index (χ2n) is 4.88. The number of amides is 1. The molecule has 22 heavy (non-hydrogen) atoms. The lowest BCUT2D eigenvalue weighted by Gasteiger charge is -2.22. The second-order valence-corrected chi connectivity index (χ2v) is 5.94. The van der Waals surface area contributed by atoms with Gasteiger partial charge in [-0.15, -0.1) is 23.7 Å². The highest BCUT2D eigenvalue weighted by Crippen LogP contribution is 2.23. The zero-order valence-corrected chi connectivity index (χ0v) is 13.8. The van der Waals surface area contributed by atoms with Crippen molar-refractivity contribution in [2.24, 2.45) is 0 Å². The summed E-state index contributed by atoms with van der Waals surface area (Å²) < 4.78 is 5.42. The van der Waals surface area contributed by atoms with Crippen molar-refractivity contribution in [2.75, 3.05) is 25.0 Å². The van der Waals surface area contributed by atoms with Gasteiger partial charge in [0, 0.05) is 29.7 Å². The molecule has 0 bridgehead atoms. The van der Waals surface area contributed by atoms with Crippen LogP contribution < -0.4 is 10.6 Å². The highest BCUT2D eigenvalue weighted by atomic mass is 35.5. The molecule has 2 aromatic rings. The van der Waals surface area contributed by atoms with Crippen molar-refractivity contribution >= 4 is 35.3 Å². The molecule has 1 aromatic carbocycles. The van der Waals surface area contributed by atoms with Crippen LogP contribution in [0.4, 0.5) is 5.69 Å². The van der Waals surface area contributed by atoms with Gasteiger partial charge in [0.25, 0.3) is 5.91 Å². The molecule has 1 atom stereocenters. The van der Waals surface area contributed by atoms with E-state index in [4.69, 9.17) is 4.74 Å². The van der Waals surface area contributed by atoms with Crippen molar-refractivity contribution in [3.63, 3.8) is 0 Å². The monoisotopic (exact) mass is 339 g/mol. The molecule has 0 spiro atoms. The number of benzene rings is 1. The normalized spacial score (nSPS) is 17.6. The van der Waals surface area contributed by atoms with Crippen molar-refractivity contribution in [1.82, 2.24) is 10.3 Å². The van der Waals surface area contributed by atoms with Crippen LogP contribution >= 0.6 is 23.7 Å². The van der Waals surface area contributed by atoms with Gasteiger partial charge in [-0.2, -0.15) is 0 Å². The van der Waals surface area contributed by atoms with E-state index in [-0.39, 0.29) is 18.3 Å². The van der Waals surface area contributed by atoms with Gasteiger partial charge in [0.1, 0.15) is 6.10 Å². The summed E-state index contributed by atoms with van der Waals surface area (Å²) in [6.07, 6.45) is -0.417. The Morgan fingerprint density at radius 2 is 2.18 bits per heavy atom. The largest absolute Gasteiger partial charge is 0.366 e. The van der Waals surface area contributed by atoms with Gasteiger partial charge in [-0.25, -0.2) is 4.98 Å². The van der Waals surface area contributed by atoms with Crippen LogP contribution in [0.15, 0.2) is 29.6 Å². The van der Waals surface area contributed by atoms with Gasteiger partial charge in [0.05, 0.1) is 17.3 Å². The fourth-order valence-corrected chi connectivity index (χ4v) is 2.80. The molecule has 1 fully saturated rings. The SMILES string of the molecule is Cc1nc(-c2ccc(NC(=O)C3CNCCO3)cc2)cs1.Cl. The zero-order chi connectivity index (χ0) is 14.7. The second kappa shape index (κ2) is 7.69. The molecule has 7 heteroatoms. The fraction of sp³-hybridized carbons (Fsp3) is 0.333. The van der Waals surface area contributed by atoms with Crippen molar-refractivity contribution in [2.45, 2.75) is 13.0 Å². The summed E-state index contributed by atoms with van der Waals surface area (Å²) in [5.41, 5.74) is 2.79. The number of rotatable bonds is 3. The summed E-state index contributed by atoms with van der Waals surface area (Å²) >= 11 is 1.63. The van der Waals surface area contributed by atoms with E-state index in [2.05, 4.69) is 15.6 Å². The molecule has 3 rings (SSSR count). The first-order valence-electron chi connectivity index (χ1n) is 6.88. The van der Waals surface area contributed by atoms with E-state index in [0.29, 0.717) is 13.2 Å². The number of nitrogens with one attached hydrogen (secondary N) is 2. The first-order valence-corrected chi connectivity index (χ1v) is 7.76. The zero-order valence-electron chi connectivity index (χ0n) is 12.2. The van der Waals surface area contributed by atoms with Crippen molar-refractivity contribution in [3.8, 4) is 11.3 Å². The molecule has 2 N–H and O–H groups in total. The number of hydrogen-bond donors (Lipinski definition) is 2. The van der Waals surface area contributed by atoms with E-state index >= 15 is 0 Å². The number of hydrogen-bond acceptors (Lipinski definition) is 5. The first kappa shape index (κ1) is 16.9. The minimum atomic E-state index is -0.417. The Labute approximate surface area is 139 Å². The number of aryl methyl sites for hydroxylation is 1. The quantitative estimate of drug-likeness (QED) is 0.901. The summed E-state index contributed by atoms with van der Waals surface area (Å²) in [5.74, 6) is -0.112. The minimum Gasteiger partial charge on any atom is -0.366 e. The lowest BCUT2D eigenvalue weighted by atomic mass is 10.1.